The molecule has 0 aromatic heterocycles. The van der Waals surface area contributed by atoms with Gasteiger partial charge in [-0.05, 0) is 51.1 Å². The first-order valence-corrected chi connectivity index (χ1v) is 7.33. The number of Topliss-reactive ketones (excluding diaryl/α,β-unsaturated/α-hetero) is 1. The van der Waals surface area contributed by atoms with Crippen molar-refractivity contribution in [3.8, 4) is 6.07 Å². The summed E-state index contributed by atoms with van der Waals surface area (Å²) in [4.78, 5) is 14.8. The lowest BCUT2D eigenvalue weighted by Crippen LogP contribution is -2.55. The molecule has 1 unspecified atom stereocenters. The fraction of sp³-hybridized carbons (Fsp3) is 0.875. The van der Waals surface area contributed by atoms with Crippen LogP contribution in [0.2, 0.25) is 0 Å². The first kappa shape index (κ1) is 14.5. The average molecular weight is 262 g/mol. The van der Waals surface area contributed by atoms with Crippen molar-refractivity contribution >= 4 is 5.78 Å². The van der Waals surface area contributed by atoms with Crippen molar-refractivity contribution in [1.29, 1.82) is 5.26 Å². The molecule has 0 heterocycles. The van der Waals surface area contributed by atoms with Gasteiger partial charge in [-0.2, -0.15) is 5.26 Å². The van der Waals surface area contributed by atoms with Crippen molar-refractivity contribution in [2.45, 2.75) is 52.5 Å². The van der Waals surface area contributed by atoms with Crippen LogP contribution in [-0.2, 0) is 4.79 Å². The number of nitrogens with zero attached hydrogens (tertiary/aromatic N) is 2. The predicted molar refractivity (Wildman–Crippen MR) is 75.4 cm³/mol. The zero-order valence-corrected chi connectivity index (χ0v) is 12.9. The Kier molecular flexibility index (Phi) is 3.51. The Morgan fingerprint density at radius 2 is 1.84 bits per heavy atom. The van der Waals surface area contributed by atoms with Crippen LogP contribution in [0.25, 0.3) is 0 Å². The first-order chi connectivity index (χ1) is 8.72. The van der Waals surface area contributed by atoms with Crippen LogP contribution in [0.4, 0.5) is 0 Å². The van der Waals surface area contributed by atoms with Gasteiger partial charge in [-0.15, -0.1) is 0 Å². The summed E-state index contributed by atoms with van der Waals surface area (Å²) in [6.07, 6.45) is 4.14. The van der Waals surface area contributed by atoms with Gasteiger partial charge in [0.1, 0.15) is 5.92 Å². The molecule has 3 heteroatoms. The van der Waals surface area contributed by atoms with Crippen molar-refractivity contribution in [2.75, 3.05) is 14.1 Å². The molecule has 2 aliphatic rings. The van der Waals surface area contributed by atoms with Crippen LogP contribution in [0, 0.1) is 34.0 Å². The third-order valence-corrected chi connectivity index (χ3v) is 5.71. The number of ketones is 1. The maximum absolute atomic E-state index is 12.5. The van der Waals surface area contributed by atoms with E-state index in [9.17, 15) is 10.1 Å². The number of carbonyl (C=O) groups excluding carboxylic acids is 1. The van der Waals surface area contributed by atoms with Gasteiger partial charge in [0, 0.05) is 11.5 Å². The SMILES string of the molecule is CN(C)[C@H]1CC[C@H]2C(C)(C)C(=O)C(C#N)C[C@]2(C)C1. The number of nitriles is 1. The van der Waals surface area contributed by atoms with Crippen LogP contribution in [-0.4, -0.2) is 30.8 Å². The molecule has 19 heavy (non-hydrogen) atoms. The van der Waals surface area contributed by atoms with E-state index in [0.717, 1.165) is 19.3 Å². The van der Waals surface area contributed by atoms with Gasteiger partial charge in [0.05, 0.1) is 6.07 Å². The van der Waals surface area contributed by atoms with Crippen LogP contribution < -0.4 is 0 Å². The summed E-state index contributed by atoms with van der Waals surface area (Å²) >= 11 is 0. The summed E-state index contributed by atoms with van der Waals surface area (Å²) < 4.78 is 0. The predicted octanol–water partition coefficient (Wildman–Crippen LogP) is 2.86. The highest BCUT2D eigenvalue weighted by Gasteiger charge is 2.56. The molecule has 4 atom stereocenters. The molecule has 0 aliphatic heterocycles. The largest absolute Gasteiger partial charge is 0.306 e. The molecule has 2 rings (SSSR count). The Hall–Kier alpha value is -0.880. The highest BCUT2D eigenvalue weighted by atomic mass is 16.1. The molecule has 0 bridgehead atoms. The molecule has 0 spiro atoms. The number of hydrogen-bond acceptors (Lipinski definition) is 3. The van der Waals surface area contributed by atoms with Crippen LogP contribution in [0.15, 0.2) is 0 Å². The fourth-order valence-corrected chi connectivity index (χ4v) is 4.67. The number of carbonyl (C=O) groups is 1. The number of rotatable bonds is 1. The van der Waals surface area contributed by atoms with E-state index >= 15 is 0 Å². The molecule has 3 nitrogen and oxygen atoms in total. The summed E-state index contributed by atoms with van der Waals surface area (Å²) in [5.41, 5.74) is -0.213. The number of fused-ring (bicyclic) bond motifs is 1. The minimum absolute atomic E-state index is 0.130. The highest BCUT2D eigenvalue weighted by Crippen LogP contribution is 2.57. The number of hydrogen-bond donors (Lipinski definition) is 0. The Morgan fingerprint density at radius 3 is 2.37 bits per heavy atom. The smallest absolute Gasteiger partial charge is 0.155 e. The van der Waals surface area contributed by atoms with E-state index < -0.39 is 5.92 Å². The van der Waals surface area contributed by atoms with Gasteiger partial charge in [0.25, 0.3) is 0 Å². The van der Waals surface area contributed by atoms with Crippen molar-refractivity contribution in [3.63, 3.8) is 0 Å². The zero-order chi connectivity index (χ0) is 14.4. The lowest BCUT2D eigenvalue weighted by molar-refractivity contribution is -0.149. The summed E-state index contributed by atoms with van der Waals surface area (Å²) in [6, 6.07) is 2.84. The molecule has 2 saturated carbocycles. The van der Waals surface area contributed by atoms with Crippen LogP contribution in [0.1, 0.15) is 46.5 Å². The minimum Gasteiger partial charge on any atom is -0.306 e. The minimum atomic E-state index is -0.405. The van der Waals surface area contributed by atoms with Gasteiger partial charge in [-0.25, -0.2) is 0 Å². The second-order valence-electron chi connectivity index (χ2n) is 7.58. The van der Waals surface area contributed by atoms with Gasteiger partial charge in [-0.3, -0.25) is 4.79 Å². The van der Waals surface area contributed by atoms with E-state index in [1.54, 1.807) is 0 Å². The fourth-order valence-electron chi connectivity index (χ4n) is 4.67. The lowest BCUT2D eigenvalue weighted by Gasteiger charge is -2.56. The molecular formula is C16H26N2O. The van der Waals surface area contributed by atoms with E-state index in [2.05, 4.69) is 45.8 Å². The maximum atomic E-state index is 12.5. The first-order valence-electron chi connectivity index (χ1n) is 7.33. The quantitative estimate of drug-likeness (QED) is 0.730. The summed E-state index contributed by atoms with van der Waals surface area (Å²) in [5.74, 6) is 0.186. The molecule has 0 amide bonds. The normalized spacial score (nSPS) is 41.7. The molecule has 2 fully saturated rings. The summed E-state index contributed by atoms with van der Waals surface area (Å²) in [7, 11) is 4.27. The Bertz CT molecular complexity index is 421. The van der Waals surface area contributed by atoms with Crippen molar-refractivity contribution in [3.05, 3.63) is 0 Å². The van der Waals surface area contributed by atoms with E-state index in [-0.39, 0.29) is 16.6 Å². The lowest BCUT2D eigenvalue weighted by atomic mass is 9.48. The molecule has 106 valence electrons. The molecule has 0 aromatic rings. The monoisotopic (exact) mass is 262 g/mol. The third kappa shape index (κ3) is 2.21. The Morgan fingerprint density at radius 1 is 1.21 bits per heavy atom. The van der Waals surface area contributed by atoms with Gasteiger partial charge in [0.2, 0.25) is 0 Å². The van der Waals surface area contributed by atoms with Crippen molar-refractivity contribution in [2.24, 2.45) is 22.7 Å². The Balaban J connectivity index is 2.33. The van der Waals surface area contributed by atoms with Gasteiger partial charge < -0.3 is 4.90 Å². The van der Waals surface area contributed by atoms with E-state index in [1.807, 2.05) is 0 Å². The summed E-state index contributed by atoms with van der Waals surface area (Å²) in [6.45, 7) is 6.40. The van der Waals surface area contributed by atoms with E-state index in [1.165, 1.54) is 6.42 Å². The standard InChI is InChI=1S/C16H26N2O/c1-15(2)13-7-6-12(18(4)5)9-16(13,3)8-11(10-17)14(15)19/h11-13H,6-9H2,1-5H3/t11?,12-,13-,16+/m0/s1. The van der Waals surface area contributed by atoms with Gasteiger partial charge in [0.15, 0.2) is 5.78 Å². The maximum Gasteiger partial charge on any atom is 0.155 e. The van der Waals surface area contributed by atoms with Gasteiger partial charge in [-0.1, -0.05) is 20.8 Å². The summed E-state index contributed by atoms with van der Waals surface area (Å²) in [5, 5.41) is 9.29. The van der Waals surface area contributed by atoms with Crippen molar-refractivity contribution < 1.29 is 4.79 Å². The highest BCUT2D eigenvalue weighted by molar-refractivity contribution is 5.89. The molecule has 0 radical (unpaired) electrons. The van der Waals surface area contributed by atoms with Gasteiger partial charge >= 0.3 is 0 Å². The van der Waals surface area contributed by atoms with Crippen LogP contribution in [0.5, 0.6) is 0 Å². The molecule has 2 aliphatic carbocycles. The second kappa shape index (κ2) is 4.59. The van der Waals surface area contributed by atoms with E-state index in [4.69, 9.17) is 0 Å². The topological polar surface area (TPSA) is 44.1 Å². The third-order valence-electron chi connectivity index (χ3n) is 5.71. The zero-order valence-electron chi connectivity index (χ0n) is 12.9. The molecule has 0 N–H and O–H groups in total. The average Bonchev–Trinajstić information content (AvgIpc) is 2.33. The van der Waals surface area contributed by atoms with Crippen LogP contribution >= 0.6 is 0 Å². The van der Waals surface area contributed by atoms with E-state index in [0.29, 0.717) is 12.0 Å². The Labute approximate surface area is 117 Å². The second-order valence-corrected chi connectivity index (χ2v) is 7.58. The molecular weight excluding hydrogens is 236 g/mol. The molecule has 0 saturated heterocycles. The van der Waals surface area contributed by atoms with Crippen molar-refractivity contribution in [1.82, 2.24) is 4.90 Å². The van der Waals surface area contributed by atoms with Crippen LogP contribution in [0.3, 0.4) is 0 Å². The molecule has 0 aromatic carbocycles.